The molecule has 5 heteroatoms. The molecule has 0 saturated carbocycles. The van der Waals surface area contributed by atoms with Crippen LogP contribution in [0.15, 0.2) is 42.5 Å². The van der Waals surface area contributed by atoms with E-state index in [1.165, 1.54) is 11.6 Å². The highest BCUT2D eigenvalue weighted by Crippen LogP contribution is 2.29. The first-order chi connectivity index (χ1) is 12.5. The molecule has 0 bridgehead atoms. The van der Waals surface area contributed by atoms with Gasteiger partial charge in [-0.25, -0.2) is 4.79 Å². The Hall–Kier alpha value is -3.13. The minimum Gasteiger partial charge on any atom is -0.478 e. The molecule has 0 aromatic heterocycles. The third kappa shape index (κ3) is 3.45. The van der Waals surface area contributed by atoms with Gasteiger partial charge in [0.05, 0.1) is 17.2 Å². The summed E-state index contributed by atoms with van der Waals surface area (Å²) in [5, 5.41) is 18.1. The van der Waals surface area contributed by atoms with Gasteiger partial charge in [-0.2, -0.15) is 5.26 Å². The fourth-order valence-electron chi connectivity index (χ4n) is 3.52. The minimum absolute atomic E-state index is 0.108. The molecule has 1 aliphatic heterocycles. The molecule has 5 nitrogen and oxygen atoms in total. The molecule has 0 unspecified atom stereocenters. The van der Waals surface area contributed by atoms with Gasteiger partial charge in [0.2, 0.25) is 0 Å². The molecule has 2 aromatic rings. The van der Waals surface area contributed by atoms with E-state index in [9.17, 15) is 14.7 Å². The van der Waals surface area contributed by atoms with Crippen molar-refractivity contribution < 1.29 is 14.7 Å². The van der Waals surface area contributed by atoms with Crippen molar-refractivity contribution in [2.24, 2.45) is 0 Å². The van der Waals surface area contributed by atoms with Crippen LogP contribution >= 0.6 is 0 Å². The van der Waals surface area contributed by atoms with Gasteiger partial charge < -0.3 is 10.0 Å². The Morgan fingerprint density at radius 3 is 2.27 bits per heavy atom. The van der Waals surface area contributed by atoms with Gasteiger partial charge in [-0.1, -0.05) is 18.2 Å². The Bertz CT molecular complexity index is 873. The summed E-state index contributed by atoms with van der Waals surface area (Å²) in [6.45, 7) is 2.96. The third-order valence-corrected chi connectivity index (χ3v) is 5.09. The SMILES string of the molecule is Cc1c(C(=O)O)cccc1C(=O)N1CCC(c2ccc(C#N)cc2)CC1. The first-order valence-corrected chi connectivity index (χ1v) is 8.63. The van der Waals surface area contributed by atoms with E-state index in [-0.39, 0.29) is 11.5 Å². The topological polar surface area (TPSA) is 81.4 Å². The Morgan fingerprint density at radius 1 is 1.08 bits per heavy atom. The van der Waals surface area contributed by atoms with Crippen molar-refractivity contribution in [3.05, 3.63) is 70.3 Å². The molecule has 2 aromatic carbocycles. The van der Waals surface area contributed by atoms with E-state index >= 15 is 0 Å². The van der Waals surface area contributed by atoms with Crippen molar-refractivity contribution >= 4 is 11.9 Å². The highest BCUT2D eigenvalue weighted by atomic mass is 16.4. The van der Waals surface area contributed by atoms with Gasteiger partial charge in [-0.05, 0) is 61.1 Å². The van der Waals surface area contributed by atoms with Crippen LogP contribution in [-0.4, -0.2) is 35.0 Å². The Labute approximate surface area is 152 Å². The number of amides is 1. The molecule has 26 heavy (non-hydrogen) atoms. The van der Waals surface area contributed by atoms with Gasteiger partial charge in [-0.3, -0.25) is 4.79 Å². The molecule has 1 saturated heterocycles. The maximum absolute atomic E-state index is 12.8. The maximum atomic E-state index is 12.8. The molecule has 0 radical (unpaired) electrons. The molecule has 3 rings (SSSR count). The lowest BCUT2D eigenvalue weighted by molar-refractivity contribution is 0.0696. The molecule has 1 heterocycles. The van der Waals surface area contributed by atoms with Crippen LogP contribution in [0.2, 0.25) is 0 Å². The number of hydrogen-bond acceptors (Lipinski definition) is 3. The monoisotopic (exact) mass is 348 g/mol. The second kappa shape index (κ2) is 7.40. The van der Waals surface area contributed by atoms with Gasteiger partial charge in [0.15, 0.2) is 0 Å². The van der Waals surface area contributed by atoms with Gasteiger partial charge in [0.25, 0.3) is 5.91 Å². The number of carbonyl (C=O) groups excluding carboxylic acids is 1. The van der Waals surface area contributed by atoms with Crippen molar-refractivity contribution in [2.45, 2.75) is 25.7 Å². The highest BCUT2D eigenvalue weighted by Gasteiger charge is 2.26. The van der Waals surface area contributed by atoms with Gasteiger partial charge >= 0.3 is 5.97 Å². The molecule has 0 atom stereocenters. The molecular weight excluding hydrogens is 328 g/mol. The number of carboxylic acid groups (broad SMARTS) is 1. The highest BCUT2D eigenvalue weighted by molar-refractivity contribution is 5.99. The van der Waals surface area contributed by atoms with E-state index in [0.717, 1.165) is 12.8 Å². The zero-order chi connectivity index (χ0) is 18.7. The van der Waals surface area contributed by atoms with Crippen molar-refractivity contribution in [1.29, 1.82) is 5.26 Å². The molecule has 1 fully saturated rings. The summed E-state index contributed by atoms with van der Waals surface area (Å²) in [6, 6.07) is 14.6. The maximum Gasteiger partial charge on any atom is 0.335 e. The van der Waals surface area contributed by atoms with Crippen molar-refractivity contribution in [2.75, 3.05) is 13.1 Å². The second-order valence-corrected chi connectivity index (χ2v) is 6.58. The van der Waals surface area contributed by atoms with E-state index in [4.69, 9.17) is 5.26 Å². The fraction of sp³-hybridized carbons (Fsp3) is 0.286. The van der Waals surface area contributed by atoms with Crippen molar-refractivity contribution in [1.82, 2.24) is 4.90 Å². The predicted molar refractivity (Wildman–Crippen MR) is 97.2 cm³/mol. The molecule has 1 aliphatic rings. The zero-order valence-corrected chi connectivity index (χ0v) is 14.6. The largest absolute Gasteiger partial charge is 0.478 e. The molecule has 1 N–H and O–H groups in total. The van der Waals surface area contributed by atoms with Crippen LogP contribution in [0.25, 0.3) is 0 Å². The average molecular weight is 348 g/mol. The van der Waals surface area contributed by atoms with E-state index in [1.807, 2.05) is 24.3 Å². The van der Waals surface area contributed by atoms with Crippen LogP contribution in [-0.2, 0) is 0 Å². The van der Waals surface area contributed by atoms with Crippen molar-refractivity contribution in [3.63, 3.8) is 0 Å². The zero-order valence-electron chi connectivity index (χ0n) is 14.6. The summed E-state index contributed by atoms with van der Waals surface area (Å²) in [4.78, 5) is 25.9. The number of nitrogens with zero attached hydrogens (tertiary/aromatic N) is 2. The van der Waals surface area contributed by atoms with Crippen LogP contribution < -0.4 is 0 Å². The van der Waals surface area contributed by atoms with Crippen LogP contribution in [0.3, 0.4) is 0 Å². The lowest BCUT2D eigenvalue weighted by Gasteiger charge is -2.32. The average Bonchev–Trinajstić information content (AvgIpc) is 2.67. The summed E-state index contributed by atoms with van der Waals surface area (Å²) in [6.07, 6.45) is 1.71. The summed E-state index contributed by atoms with van der Waals surface area (Å²) in [7, 11) is 0. The summed E-state index contributed by atoms with van der Waals surface area (Å²) in [5.41, 5.74) is 2.99. The summed E-state index contributed by atoms with van der Waals surface area (Å²) >= 11 is 0. The first kappa shape index (κ1) is 17.7. The number of rotatable bonds is 3. The number of piperidine rings is 1. The van der Waals surface area contributed by atoms with Crippen LogP contribution in [0.5, 0.6) is 0 Å². The minimum atomic E-state index is -1.02. The molecule has 0 aliphatic carbocycles. The normalized spacial score (nSPS) is 14.7. The molecule has 0 spiro atoms. The molecule has 1 amide bonds. The lowest BCUT2D eigenvalue weighted by Crippen LogP contribution is -2.38. The number of benzene rings is 2. The van der Waals surface area contributed by atoms with Crippen LogP contribution in [0.1, 0.15) is 56.2 Å². The standard InChI is InChI=1S/C21H20N2O3/c1-14-18(3-2-4-19(14)21(25)26)20(24)23-11-9-17(10-12-23)16-7-5-15(13-22)6-8-16/h2-8,17H,9-12H2,1H3,(H,25,26). The van der Waals surface area contributed by atoms with E-state index in [1.54, 1.807) is 24.0 Å². The first-order valence-electron chi connectivity index (χ1n) is 8.63. The Balaban J connectivity index is 1.70. The summed E-state index contributed by atoms with van der Waals surface area (Å²) in [5.74, 6) is -0.751. The Morgan fingerprint density at radius 2 is 1.69 bits per heavy atom. The number of likely N-dealkylation sites (tertiary alicyclic amines) is 1. The van der Waals surface area contributed by atoms with Crippen LogP contribution in [0.4, 0.5) is 0 Å². The van der Waals surface area contributed by atoms with E-state index in [0.29, 0.717) is 35.7 Å². The number of aromatic carboxylic acids is 1. The molecule has 132 valence electrons. The predicted octanol–water partition coefficient (Wildman–Crippen LogP) is 3.58. The number of carbonyl (C=O) groups is 2. The number of hydrogen-bond donors (Lipinski definition) is 1. The number of nitriles is 1. The van der Waals surface area contributed by atoms with Crippen molar-refractivity contribution in [3.8, 4) is 6.07 Å². The van der Waals surface area contributed by atoms with Gasteiger partial charge in [0, 0.05) is 18.7 Å². The van der Waals surface area contributed by atoms with Gasteiger partial charge in [0.1, 0.15) is 0 Å². The number of carboxylic acids is 1. The fourth-order valence-corrected chi connectivity index (χ4v) is 3.52. The van der Waals surface area contributed by atoms with Crippen LogP contribution in [0, 0.1) is 18.3 Å². The lowest BCUT2D eigenvalue weighted by atomic mass is 9.88. The summed E-state index contributed by atoms with van der Waals surface area (Å²) < 4.78 is 0. The Kier molecular flexibility index (Phi) is 5.04. The van der Waals surface area contributed by atoms with Gasteiger partial charge in [-0.15, -0.1) is 0 Å². The third-order valence-electron chi connectivity index (χ3n) is 5.09. The smallest absolute Gasteiger partial charge is 0.335 e. The molecular formula is C21H20N2O3. The second-order valence-electron chi connectivity index (χ2n) is 6.58. The van der Waals surface area contributed by atoms with E-state index < -0.39 is 5.97 Å². The van der Waals surface area contributed by atoms with E-state index in [2.05, 4.69) is 6.07 Å². The quantitative estimate of drug-likeness (QED) is 0.919.